The van der Waals surface area contributed by atoms with Gasteiger partial charge in [-0.1, -0.05) is 48.5 Å². The summed E-state index contributed by atoms with van der Waals surface area (Å²) in [5.41, 5.74) is -0.569. The molecule has 3 N–H and O–H groups in total. The lowest BCUT2D eigenvalue weighted by molar-refractivity contribution is -0.149. The number of hydrogen-bond donors (Lipinski definition) is 3. The summed E-state index contributed by atoms with van der Waals surface area (Å²) in [4.78, 5) is 53.2. The van der Waals surface area contributed by atoms with Gasteiger partial charge in [-0.2, -0.15) is 0 Å². The molecule has 2 aliphatic rings. The molecular formula is C27H22N2O6. The molecule has 4 atom stereocenters. The number of aliphatic carboxylic acids is 1. The monoisotopic (exact) mass is 470 g/mol. The third-order valence-electron chi connectivity index (χ3n) is 6.93. The van der Waals surface area contributed by atoms with Crippen molar-refractivity contribution in [2.75, 3.05) is 4.90 Å². The largest absolute Gasteiger partial charge is 0.508 e. The summed E-state index contributed by atoms with van der Waals surface area (Å²) >= 11 is 0. The molecule has 2 amide bonds. The number of phenols is 1. The van der Waals surface area contributed by atoms with Crippen molar-refractivity contribution in [3.63, 3.8) is 0 Å². The maximum absolute atomic E-state index is 13.8. The van der Waals surface area contributed by atoms with E-state index in [9.17, 15) is 29.4 Å². The van der Waals surface area contributed by atoms with Crippen LogP contribution in [0.2, 0.25) is 0 Å². The number of benzene rings is 3. The number of nitrogens with zero attached hydrogens (tertiary/aromatic N) is 1. The number of carboxylic acids is 1. The lowest BCUT2D eigenvalue weighted by Gasteiger charge is -2.31. The van der Waals surface area contributed by atoms with Crippen LogP contribution in [0.25, 0.3) is 0 Å². The maximum atomic E-state index is 13.8. The number of nitrogens with one attached hydrogen (secondary N) is 1. The highest BCUT2D eigenvalue weighted by atomic mass is 16.4. The Hall–Kier alpha value is -4.30. The van der Waals surface area contributed by atoms with E-state index in [1.807, 2.05) is 0 Å². The van der Waals surface area contributed by atoms with Crippen LogP contribution in [0.5, 0.6) is 5.75 Å². The summed E-state index contributed by atoms with van der Waals surface area (Å²) in [6, 6.07) is 19.7. The van der Waals surface area contributed by atoms with Crippen LogP contribution in [-0.2, 0) is 19.9 Å². The number of anilines is 1. The molecule has 2 aliphatic heterocycles. The number of para-hydroxylation sites is 1. The van der Waals surface area contributed by atoms with Crippen molar-refractivity contribution in [3.05, 3.63) is 95.6 Å². The number of hydrogen-bond acceptors (Lipinski definition) is 6. The van der Waals surface area contributed by atoms with Crippen LogP contribution in [0.1, 0.15) is 34.5 Å². The van der Waals surface area contributed by atoms with Gasteiger partial charge in [0.1, 0.15) is 5.75 Å². The van der Waals surface area contributed by atoms with Crippen molar-refractivity contribution in [2.24, 2.45) is 11.8 Å². The molecule has 2 heterocycles. The summed E-state index contributed by atoms with van der Waals surface area (Å²) in [5.74, 6) is -5.16. The number of imide groups is 1. The molecule has 8 heteroatoms. The normalized spacial score (nSPS) is 25.5. The number of rotatable bonds is 5. The van der Waals surface area contributed by atoms with Crippen LogP contribution in [0, 0.1) is 11.8 Å². The van der Waals surface area contributed by atoms with Crippen molar-refractivity contribution in [2.45, 2.75) is 18.5 Å². The maximum Gasteiger partial charge on any atom is 0.329 e. The number of carbonyl (C=O) groups is 4. The van der Waals surface area contributed by atoms with E-state index >= 15 is 0 Å². The molecule has 4 unspecified atom stereocenters. The van der Waals surface area contributed by atoms with E-state index in [2.05, 4.69) is 5.32 Å². The summed E-state index contributed by atoms with van der Waals surface area (Å²) in [7, 11) is 0. The highest BCUT2D eigenvalue weighted by Gasteiger charge is 2.69. The number of fused-ring (bicyclic) bond motifs is 1. The molecule has 8 nitrogen and oxygen atoms in total. The van der Waals surface area contributed by atoms with Gasteiger partial charge in [0.05, 0.1) is 17.5 Å². The van der Waals surface area contributed by atoms with E-state index in [1.54, 1.807) is 48.5 Å². The average molecular weight is 470 g/mol. The zero-order valence-electron chi connectivity index (χ0n) is 18.7. The predicted molar refractivity (Wildman–Crippen MR) is 126 cm³/mol. The summed E-state index contributed by atoms with van der Waals surface area (Å²) in [5, 5.41) is 24.1. The van der Waals surface area contributed by atoms with Gasteiger partial charge in [0.25, 0.3) is 0 Å². The number of carbonyl (C=O) groups excluding carboxylic acids is 3. The second kappa shape index (κ2) is 8.18. The third-order valence-corrected chi connectivity index (χ3v) is 6.93. The first-order valence-corrected chi connectivity index (χ1v) is 11.1. The number of amides is 2. The molecule has 0 spiro atoms. The average Bonchev–Trinajstić information content (AvgIpc) is 3.34. The Morgan fingerprint density at radius 3 is 2.11 bits per heavy atom. The first-order valence-electron chi connectivity index (χ1n) is 11.1. The van der Waals surface area contributed by atoms with Crippen molar-refractivity contribution < 1.29 is 29.4 Å². The molecule has 0 saturated carbocycles. The number of phenolic OH excluding ortho intramolecular Hbond substituents is 1. The summed E-state index contributed by atoms with van der Waals surface area (Å²) in [6.45, 7) is 1.41. The molecule has 0 bridgehead atoms. The molecular weight excluding hydrogens is 448 g/mol. The van der Waals surface area contributed by atoms with Gasteiger partial charge in [-0.05, 0) is 42.8 Å². The molecule has 3 aromatic carbocycles. The highest BCUT2D eigenvalue weighted by molar-refractivity contribution is 6.24. The van der Waals surface area contributed by atoms with Gasteiger partial charge < -0.3 is 10.2 Å². The van der Waals surface area contributed by atoms with Crippen LogP contribution >= 0.6 is 0 Å². The Morgan fingerprint density at radius 1 is 0.886 bits per heavy atom. The minimum atomic E-state index is -1.90. The second-order valence-corrected chi connectivity index (χ2v) is 8.78. The van der Waals surface area contributed by atoms with Crippen LogP contribution in [-0.4, -0.2) is 33.8 Å². The zero-order valence-corrected chi connectivity index (χ0v) is 18.7. The Morgan fingerprint density at radius 2 is 1.51 bits per heavy atom. The molecule has 176 valence electrons. The standard InChI is InChI=1S/C27H22N2O6/c1-15(30)16-11-13-18(14-12-16)29-24(32)21-22(25(29)33)27(26(34)35,17-7-3-2-4-8-17)28-23(21)19-9-5-6-10-20(19)31/h2-14,21-23,28,31H,1H3,(H,34,35). The highest BCUT2D eigenvalue weighted by Crippen LogP contribution is 2.54. The van der Waals surface area contributed by atoms with E-state index in [4.69, 9.17) is 0 Å². The summed E-state index contributed by atoms with van der Waals surface area (Å²) < 4.78 is 0. The lowest BCUT2D eigenvalue weighted by atomic mass is 9.75. The fourth-order valence-electron chi connectivity index (χ4n) is 5.31. The fourth-order valence-corrected chi connectivity index (χ4v) is 5.31. The van der Waals surface area contributed by atoms with Gasteiger partial charge in [0, 0.05) is 17.2 Å². The van der Waals surface area contributed by atoms with Crippen molar-refractivity contribution in [3.8, 4) is 5.75 Å². The predicted octanol–water partition coefficient (Wildman–Crippen LogP) is 3.03. The van der Waals surface area contributed by atoms with Gasteiger partial charge in [-0.3, -0.25) is 19.7 Å². The minimum absolute atomic E-state index is 0.109. The van der Waals surface area contributed by atoms with E-state index in [0.717, 1.165) is 4.90 Å². The molecule has 0 radical (unpaired) electrons. The molecule has 2 fully saturated rings. The molecule has 2 saturated heterocycles. The smallest absolute Gasteiger partial charge is 0.329 e. The topological polar surface area (TPSA) is 124 Å². The van der Waals surface area contributed by atoms with E-state index in [1.165, 1.54) is 37.3 Å². The Balaban J connectivity index is 1.70. The number of aromatic hydroxyl groups is 1. The molecule has 0 aliphatic carbocycles. The van der Waals surface area contributed by atoms with Gasteiger partial charge >= 0.3 is 5.97 Å². The van der Waals surface area contributed by atoms with Crippen LogP contribution in [0.15, 0.2) is 78.9 Å². The van der Waals surface area contributed by atoms with Gasteiger partial charge in [0.2, 0.25) is 11.8 Å². The van der Waals surface area contributed by atoms with Gasteiger partial charge in [0.15, 0.2) is 11.3 Å². The number of Topliss-reactive ketones (excluding diaryl/α,β-unsaturated/α-hetero) is 1. The first-order chi connectivity index (χ1) is 16.8. The molecule has 5 rings (SSSR count). The van der Waals surface area contributed by atoms with Gasteiger partial charge in [-0.25, -0.2) is 9.69 Å². The Bertz CT molecular complexity index is 1350. The van der Waals surface area contributed by atoms with Crippen molar-refractivity contribution in [1.82, 2.24) is 5.32 Å². The van der Waals surface area contributed by atoms with E-state index in [0.29, 0.717) is 16.7 Å². The Labute approximate surface area is 200 Å². The fraction of sp³-hybridized carbons (Fsp3) is 0.185. The quantitative estimate of drug-likeness (QED) is 0.387. The first kappa shape index (κ1) is 22.5. The molecule has 3 aromatic rings. The lowest BCUT2D eigenvalue weighted by Crippen LogP contribution is -2.53. The molecule has 35 heavy (non-hydrogen) atoms. The van der Waals surface area contributed by atoms with Crippen molar-refractivity contribution >= 4 is 29.3 Å². The summed E-state index contributed by atoms with van der Waals surface area (Å²) in [6.07, 6.45) is 0. The van der Waals surface area contributed by atoms with E-state index in [-0.39, 0.29) is 17.2 Å². The Kier molecular flexibility index (Phi) is 5.25. The van der Waals surface area contributed by atoms with Crippen LogP contribution in [0.4, 0.5) is 5.69 Å². The number of carboxylic acid groups (broad SMARTS) is 1. The van der Waals surface area contributed by atoms with Crippen LogP contribution < -0.4 is 10.2 Å². The van der Waals surface area contributed by atoms with Crippen LogP contribution in [0.3, 0.4) is 0 Å². The van der Waals surface area contributed by atoms with Crippen molar-refractivity contribution in [1.29, 1.82) is 0 Å². The van der Waals surface area contributed by atoms with E-state index < -0.39 is 41.2 Å². The second-order valence-electron chi connectivity index (χ2n) is 8.78. The third kappa shape index (κ3) is 3.25. The zero-order chi connectivity index (χ0) is 24.9. The number of ketones is 1. The SMILES string of the molecule is CC(=O)c1ccc(N2C(=O)C3C(c4ccccc4O)NC(C(=O)O)(c4ccccc4)C3C2=O)cc1. The molecule has 0 aromatic heterocycles. The minimum Gasteiger partial charge on any atom is -0.508 e. The van der Waals surface area contributed by atoms with Gasteiger partial charge in [-0.15, -0.1) is 0 Å².